The third-order valence-electron chi connectivity index (χ3n) is 3.51. The predicted molar refractivity (Wildman–Crippen MR) is 73.9 cm³/mol. The molecule has 1 unspecified atom stereocenters. The van der Waals surface area contributed by atoms with Crippen LogP contribution in [0.3, 0.4) is 0 Å². The third-order valence-corrected chi connectivity index (χ3v) is 5.50. The average Bonchev–Trinajstić information content (AvgIpc) is 2.92. The number of benzene rings is 1. The molecule has 1 aliphatic rings. The van der Waals surface area contributed by atoms with Crippen molar-refractivity contribution in [3.8, 4) is 0 Å². The van der Waals surface area contributed by atoms with Crippen molar-refractivity contribution in [3.63, 3.8) is 0 Å². The highest BCUT2D eigenvalue weighted by Crippen LogP contribution is 2.42. The van der Waals surface area contributed by atoms with Gasteiger partial charge in [0.1, 0.15) is 0 Å². The Balaban J connectivity index is 2.03. The van der Waals surface area contributed by atoms with E-state index >= 15 is 4.39 Å². The molecular weight excluding hydrogens is 287 g/mol. The first-order valence-corrected chi connectivity index (χ1v) is 8.22. The Kier molecular flexibility index (Phi) is 2.90. The Hall–Kier alpha value is -1.02. The second kappa shape index (κ2) is 4.24. The Morgan fingerprint density at radius 2 is 2.11 bits per heavy atom. The molecule has 0 amide bonds. The first kappa shape index (κ1) is 13.0. The monoisotopic (exact) mass is 300 g/mol. The highest BCUT2D eigenvalue weighted by atomic mass is 32.2. The van der Waals surface area contributed by atoms with Crippen molar-refractivity contribution >= 4 is 31.6 Å². The molecule has 4 nitrogen and oxygen atoms in total. The molecular formula is C12H13FN2O2S2. The number of halogens is 1. The highest BCUT2D eigenvalue weighted by Gasteiger charge is 2.44. The van der Waals surface area contributed by atoms with Crippen LogP contribution in [-0.4, -0.2) is 25.8 Å². The SMILES string of the molecule is NS(=O)(=O)N1CCC(F)(c2csc3ccccc23)C1. The van der Waals surface area contributed by atoms with E-state index in [1.54, 1.807) is 5.38 Å². The van der Waals surface area contributed by atoms with Gasteiger partial charge in [-0.1, -0.05) is 18.2 Å². The van der Waals surface area contributed by atoms with Crippen LogP contribution in [0.25, 0.3) is 10.1 Å². The number of nitrogens with zero attached hydrogens (tertiary/aromatic N) is 1. The summed E-state index contributed by atoms with van der Waals surface area (Å²) in [6.07, 6.45) is 0.143. The summed E-state index contributed by atoms with van der Waals surface area (Å²) < 4.78 is 39.6. The van der Waals surface area contributed by atoms with Gasteiger partial charge < -0.3 is 0 Å². The molecule has 1 atom stereocenters. The molecule has 0 saturated carbocycles. The highest BCUT2D eigenvalue weighted by molar-refractivity contribution is 7.86. The summed E-state index contributed by atoms with van der Waals surface area (Å²) >= 11 is 1.47. The molecule has 0 spiro atoms. The molecule has 0 bridgehead atoms. The fraction of sp³-hybridized carbons (Fsp3) is 0.333. The number of hydrogen-bond acceptors (Lipinski definition) is 3. The van der Waals surface area contributed by atoms with Gasteiger partial charge in [0.25, 0.3) is 10.2 Å². The smallest absolute Gasteiger partial charge is 0.237 e. The van der Waals surface area contributed by atoms with Crippen LogP contribution in [0.5, 0.6) is 0 Å². The lowest BCUT2D eigenvalue weighted by Gasteiger charge is -2.19. The zero-order chi connectivity index (χ0) is 13.7. The van der Waals surface area contributed by atoms with Crippen molar-refractivity contribution in [2.45, 2.75) is 12.1 Å². The van der Waals surface area contributed by atoms with Crippen molar-refractivity contribution in [1.82, 2.24) is 4.31 Å². The molecule has 1 aromatic heterocycles. The maximum atomic E-state index is 15.0. The number of rotatable bonds is 2. The molecule has 2 N–H and O–H groups in total. The molecule has 1 aliphatic heterocycles. The average molecular weight is 300 g/mol. The van der Waals surface area contributed by atoms with E-state index in [1.165, 1.54) is 11.3 Å². The quantitative estimate of drug-likeness (QED) is 0.921. The minimum atomic E-state index is -3.82. The lowest BCUT2D eigenvalue weighted by atomic mass is 9.95. The molecule has 1 aromatic carbocycles. The summed E-state index contributed by atoms with van der Waals surface area (Å²) in [7, 11) is -3.82. The number of thiophene rings is 1. The van der Waals surface area contributed by atoms with E-state index in [0.29, 0.717) is 5.56 Å². The number of alkyl halides is 1. The largest absolute Gasteiger partial charge is 0.277 e. The van der Waals surface area contributed by atoms with Gasteiger partial charge in [0.2, 0.25) is 0 Å². The Labute approximate surface area is 114 Å². The van der Waals surface area contributed by atoms with E-state index in [0.717, 1.165) is 14.4 Å². The van der Waals surface area contributed by atoms with E-state index in [1.807, 2.05) is 24.3 Å². The van der Waals surface area contributed by atoms with Gasteiger partial charge in [-0.3, -0.25) is 0 Å². The maximum absolute atomic E-state index is 15.0. The van der Waals surface area contributed by atoms with Crippen molar-refractivity contribution in [3.05, 3.63) is 35.2 Å². The lowest BCUT2D eigenvalue weighted by Crippen LogP contribution is -2.36. The maximum Gasteiger partial charge on any atom is 0.277 e. The van der Waals surface area contributed by atoms with Crippen molar-refractivity contribution < 1.29 is 12.8 Å². The normalized spacial score (nSPS) is 25.2. The molecule has 1 fully saturated rings. The number of nitrogens with two attached hydrogens (primary N) is 1. The first-order valence-electron chi connectivity index (χ1n) is 5.84. The van der Waals surface area contributed by atoms with Crippen LogP contribution < -0.4 is 5.14 Å². The topological polar surface area (TPSA) is 63.4 Å². The predicted octanol–water partition coefficient (Wildman–Crippen LogP) is 1.98. The summed E-state index contributed by atoms with van der Waals surface area (Å²) in [6.45, 7) is -0.0773. The van der Waals surface area contributed by atoms with E-state index in [9.17, 15) is 8.42 Å². The van der Waals surface area contributed by atoms with Crippen LogP contribution >= 0.6 is 11.3 Å². The van der Waals surface area contributed by atoms with Gasteiger partial charge in [-0.2, -0.15) is 12.7 Å². The van der Waals surface area contributed by atoms with Gasteiger partial charge in [0, 0.05) is 23.2 Å². The van der Waals surface area contributed by atoms with Crippen LogP contribution in [0, 0.1) is 0 Å². The number of fused-ring (bicyclic) bond motifs is 1. The number of hydrogen-bond donors (Lipinski definition) is 1. The Bertz CT molecular complexity index is 728. The molecule has 2 aromatic rings. The minimum absolute atomic E-state index is 0.125. The summed E-state index contributed by atoms with van der Waals surface area (Å²) in [5.41, 5.74) is -1.08. The van der Waals surface area contributed by atoms with Gasteiger partial charge >= 0.3 is 0 Å². The second-order valence-corrected chi connectivity index (χ2v) is 7.20. The van der Waals surface area contributed by atoms with Crippen LogP contribution in [0.15, 0.2) is 29.6 Å². The minimum Gasteiger partial charge on any atom is -0.237 e. The van der Waals surface area contributed by atoms with Gasteiger partial charge in [-0.15, -0.1) is 11.3 Å². The summed E-state index contributed by atoms with van der Waals surface area (Å²) in [5.74, 6) is 0. The second-order valence-electron chi connectivity index (χ2n) is 4.74. The van der Waals surface area contributed by atoms with Crippen molar-refractivity contribution in [2.75, 3.05) is 13.1 Å². The van der Waals surface area contributed by atoms with Crippen molar-refractivity contribution in [1.29, 1.82) is 0 Å². The first-order chi connectivity index (χ1) is 8.90. The Morgan fingerprint density at radius 3 is 2.79 bits per heavy atom. The summed E-state index contributed by atoms with van der Waals surface area (Å²) in [4.78, 5) is 0. The standard InChI is InChI=1S/C12H13FN2O2S2/c13-12(5-6-15(8-12)19(14,16)17)10-7-18-11-4-2-1-3-9(10)11/h1-4,7H,5-6,8H2,(H2,14,16,17). The van der Waals surface area contributed by atoms with Crippen LogP contribution in [0.1, 0.15) is 12.0 Å². The van der Waals surface area contributed by atoms with Crippen LogP contribution in [0.2, 0.25) is 0 Å². The van der Waals surface area contributed by atoms with Gasteiger partial charge in [-0.05, 0) is 16.8 Å². The van der Waals surface area contributed by atoms with Crippen LogP contribution in [0.4, 0.5) is 4.39 Å². The molecule has 2 heterocycles. The fourth-order valence-corrected chi connectivity index (χ4v) is 4.28. The molecule has 0 aliphatic carbocycles. The summed E-state index contributed by atoms with van der Waals surface area (Å²) in [6, 6.07) is 7.55. The molecule has 0 radical (unpaired) electrons. The van der Waals surface area contributed by atoms with Crippen LogP contribution in [-0.2, 0) is 15.9 Å². The van der Waals surface area contributed by atoms with Crippen molar-refractivity contribution in [2.24, 2.45) is 5.14 Å². The van der Waals surface area contributed by atoms with Gasteiger partial charge in [0.15, 0.2) is 5.67 Å². The lowest BCUT2D eigenvalue weighted by molar-refractivity contribution is 0.186. The molecule has 3 rings (SSSR count). The van der Waals surface area contributed by atoms with E-state index in [2.05, 4.69) is 0 Å². The molecule has 7 heteroatoms. The van der Waals surface area contributed by atoms with Gasteiger partial charge in [0.05, 0.1) is 6.54 Å². The molecule has 1 saturated heterocycles. The zero-order valence-corrected chi connectivity index (χ0v) is 11.7. The van der Waals surface area contributed by atoms with E-state index in [-0.39, 0.29) is 19.5 Å². The zero-order valence-electron chi connectivity index (χ0n) is 10.0. The third kappa shape index (κ3) is 2.16. The Morgan fingerprint density at radius 1 is 1.37 bits per heavy atom. The molecule has 19 heavy (non-hydrogen) atoms. The van der Waals surface area contributed by atoms with Gasteiger partial charge in [-0.25, -0.2) is 9.53 Å². The fourth-order valence-electron chi connectivity index (χ4n) is 2.50. The van der Waals surface area contributed by atoms with E-state index in [4.69, 9.17) is 5.14 Å². The molecule has 102 valence electrons. The summed E-state index contributed by atoms with van der Waals surface area (Å²) in [5, 5.41) is 7.69. The van der Waals surface area contributed by atoms with E-state index < -0.39 is 15.9 Å².